The Hall–Kier alpha value is -0.860. The molecule has 21 heavy (non-hydrogen) atoms. The van der Waals surface area contributed by atoms with Crippen LogP contribution < -0.4 is 11.1 Å². The normalized spacial score (nSPS) is 28.7. The van der Waals surface area contributed by atoms with E-state index in [0.717, 1.165) is 30.7 Å². The quantitative estimate of drug-likeness (QED) is 0.843. The molecule has 0 aliphatic heterocycles. The fourth-order valence-electron chi connectivity index (χ4n) is 4.30. The average molecular weight is 284 g/mol. The van der Waals surface area contributed by atoms with Gasteiger partial charge in [0.15, 0.2) is 0 Å². The fraction of sp³-hybridized carbons (Fsp3) is 0.684. The summed E-state index contributed by atoms with van der Waals surface area (Å²) >= 11 is 0. The smallest absolute Gasteiger partial charge is 0.0347 e. The first kappa shape index (κ1) is 13.8. The van der Waals surface area contributed by atoms with Gasteiger partial charge in [0, 0.05) is 12.1 Å². The Balaban J connectivity index is 1.44. The highest BCUT2D eigenvalue weighted by molar-refractivity contribution is 5.32. The van der Waals surface area contributed by atoms with Gasteiger partial charge in [-0.15, -0.1) is 0 Å². The minimum Gasteiger partial charge on any atom is -0.329 e. The lowest BCUT2D eigenvalue weighted by Gasteiger charge is -2.39. The van der Waals surface area contributed by atoms with Crippen molar-refractivity contribution in [2.75, 3.05) is 13.1 Å². The number of hydrogen-bond donors (Lipinski definition) is 2. The van der Waals surface area contributed by atoms with Gasteiger partial charge in [-0.25, -0.2) is 0 Å². The van der Waals surface area contributed by atoms with E-state index in [1.165, 1.54) is 56.2 Å². The van der Waals surface area contributed by atoms with Crippen molar-refractivity contribution >= 4 is 0 Å². The summed E-state index contributed by atoms with van der Waals surface area (Å²) in [6.45, 7) is 1.97. The van der Waals surface area contributed by atoms with E-state index in [0.29, 0.717) is 0 Å². The largest absolute Gasteiger partial charge is 0.329 e. The van der Waals surface area contributed by atoms with E-state index in [2.05, 4.69) is 29.6 Å². The van der Waals surface area contributed by atoms with E-state index in [-0.39, 0.29) is 5.54 Å². The summed E-state index contributed by atoms with van der Waals surface area (Å²) in [7, 11) is 0. The molecule has 0 bridgehead atoms. The van der Waals surface area contributed by atoms with Crippen molar-refractivity contribution in [1.29, 1.82) is 0 Å². The molecule has 2 nitrogen and oxygen atoms in total. The second-order valence-corrected chi connectivity index (χ2v) is 7.65. The van der Waals surface area contributed by atoms with Crippen LogP contribution in [0.4, 0.5) is 0 Å². The number of fused-ring (bicyclic) bond motifs is 1. The van der Waals surface area contributed by atoms with Crippen molar-refractivity contribution in [3.63, 3.8) is 0 Å². The van der Waals surface area contributed by atoms with Crippen molar-refractivity contribution in [3.05, 3.63) is 35.4 Å². The Morgan fingerprint density at radius 3 is 2.38 bits per heavy atom. The topological polar surface area (TPSA) is 38.0 Å². The van der Waals surface area contributed by atoms with Crippen molar-refractivity contribution in [2.24, 2.45) is 23.5 Å². The lowest BCUT2D eigenvalue weighted by molar-refractivity contribution is 0.254. The molecule has 0 saturated heterocycles. The van der Waals surface area contributed by atoms with Gasteiger partial charge in [-0.1, -0.05) is 24.3 Å². The zero-order valence-corrected chi connectivity index (χ0v) is 13.0. The number of nitrogens with one attached hydrogen (secondary N) is 1. The van der Waals surface area contributed by atoms with E-state index in [1.54, 1.807) is 0 Å². The highest BCUT2D eigenvalue weighted by Gasteiger charge is 2.42. The molecule has 2 heteroatoms. The van der Waals surface area contributed by atoms with E-state index in [1.807, 2.05) is 0 Å². The first-order valence-electron chi connectivity index (χ1n) is 8.81. The Kier molecular flexibility index (Phi) is 3.55. The van der Waals surface area contributed by atoms with Crippen molar-refractivity contribution < 1.29 is 0 Å². The molecule has 3 aliphatic rings. The second kappa shape index (κ2) is 5.40. The summed E-state index contributed by atoms with van der Waals surface area (Å²) < 4.78 is 0. The fourth-order valence-corrected chi connectivity index (χ4v) is 4.30. The minimum absolute atomic E-state index is 0.149. The van der Waals surface area contributed by atoms with Gasteiger partial charge in [0.05, 0.1) is 0 Å². The Labute approximate surface area is 128 Å². The Morgan fingerprint density at radius 2 is 1.76 bits per heavy atom. The maximum atomic E-state index is 6.20. The summed E-state index contributed by atoms with van der Waals surface area (Å²) in [5, 5.41) is 3.94. The lowest BCUT2D eigenvalue weighted by Crippen LogP contribution is -2.56. The zero-order chi connectivity index (χ0) is 14.3. The van der Waals surface area contributed by atoms with E-state index in [4.69, 9.17) is 5.73 Å². The number of rotatable bonds is 6. The lowest BCUT2D eigenvalue weighted by atomic mass is 9.77. The van der Waals surface area contributed by atoms with Gasteiger partial charge in [0.1, 0.15) is 0 Å². The molecule has 114 valence electrons. The Bertz CT molecular complexity index is 492. The SMILES string of the molecule is NCC1(NCC(C2CC2)C2CC2)CCc2ccccc2C1. The monoisotopic (exact) mass is 284 g/mol. The molecule has 2 saturated carbocycles. The summed E-state index contributed by atoms with van der Waals surface area (Å²) in [6, 6.07) is 8.91. The maximum absolute atomic E-state index is 6.20. The van der Waals surface area contributed by atoms with Crippen molar-refractivity contribution in [1.82, 2.24) is 5.32 Å². The van der Waals surface area contributed by atoms with Gasteiger partial charge in [-0.2, -0.15) is 0 Å². The first-order chi connectivity index (χ1) is 10.3. The van der Waals surface area contributed by atoms with E-state index >= 15 is 0 Å². The molecule has 4 rings (SSSR count). The van der Waals surface area contributed by atoms with Gasteiger partial charge < -0.3 is 11.1 Å². The predicted octanol–water partition coefficient (Wildman–Crippen LogP) is 2.90. The molecule has 0 radical (unpaired) electrons. The van der Waals surface area contributed by atoms with Crippen LogP contribution in [-0.2, 0) is 12.8 Å². The minimum atomic E-state index is 0.149. The number of nitrogens with two attached hydrogens (primary N) is 1. The standard InChI is InChI=1S/C19H28N2/c20-13-19(10-9-14-3-1-2-4-17(14)11-19)21-12-18(15-5-6-15)16-7-8-16/h1-4,15-16,18,21H,5-13,20H2. The molecule has 0 aromatic heterocycles. The Morgan fingerprint density at radius 1 is 1.10 bits per heavy atom. The molecular weight excluding hydrogens is 256 g/mol. The molecule has 3 N–H and O–H groups in total. The van der Waals surface area contributed by atoms with Crippen LogP contribution in [0.25, 0.3) is 0 Å². The molecular formula is C19H28N2. The van der Waals surface area contributed by atoms with Crippen LogP contribution in [0.2, 0.25) is 0 Å². The van der Waals surface area contributed by atoms with Crippen LogP contribution in [0.5, 0.6) is 0 Å². The van der Waals surface area contributed by atoms with Crippen molar-refractivity contribution in [2.45, 2.75) is 50.5 Å². The van der Waals surface area contributed by atoms with Gasteiger partial charge in [0.25, 0.3) is 0 Å². The molecule has 0 spiro atoms. The summed E-state index contributed by atoms with van der Waals surface area (Å²) in [5.74, 6) is 2.98. The number of aryl methyl sites for hydroxylation is 1. The zero-order valence-electron chi connectivity index (χ0n) is 13.0. The van der Waals surface area contributed by atoms with Gasteiger partial charge in [-0.05, 0) is 80.4 Å². The van der Waals surface area contributed by atoms with Crippen LogP contribution in [0.15, 0.2) is 24.3 Å². The maximum Gasteiger partial charge on any atom is 0.0347 e. The van der Waals surface area contributed by atoms with Crippen LogP contribution in [-0.4, -0.2) is 18.6 Å². The van der Waals surface area contributed by atoms with E-state index < -0.39 is 0 Å². The average Bonchev–Trinajstić information content (AvgIpc) is 3.40. The highest BCUT2D eigenvalue weighted by atomic mass is 15.0. The third kappa shape index (κ3) is 2.89. The predicted molar refractivity (Wildman–Crippen MR) is 87.2 cm³/mol. The number of hydrogen-bond acceptors (Lipinski definition) is 2. The molecule has 3 aliphatic carbocycles. The molecule has 0 amide bonds. The van der Waals surface area contributed by atoms with Crippen LogP contribution in [0.1, 0.15) is 43.2 Å². The van der Waals surface area contributed by atoms with E-state index in [9.17, 15) is 0 Å². The summed E-state index contributed by atoms with van der Waals surface area (Å²) in [5.41, 5.74) is 9.39. The summed E-state index contributed by atoms with van der Waals surface area (Å²) in [6.07, 6.45) is 9.38. The van der Waals surface area contributed by atoms with Crippen LogP contribution in [0.3, 0.4) is 0 Å². The molecule has 1 atom stereocenters. The molecule has 1 unspecified atom stereocenters. The molecule has 2 fully saturated rings. The highest BCUT2D eigenvalue weighted by Crippen LogP contribution is 2.49. The van der Waals surface area contributed by atoms with Crippen molar-refractivity contribution in [3.8, 4) is 0 Å². The molecule has 1 aromatic rings. The first-order valence-corrected chi connectivity index (χ1v) is 8.81. The second-order valence-electron chi connectivity index (χ2n) is 7.65. The third-order valence-electron chi connectivity index (χ3n) is 6.08. The van der Waals surface area contributed by atoms with Crippen LogP contribution >= 0.6 is 0 Å². The summed E-state index contributed by atoms with van der Waals surface area (Å²) in [4.78, 5) is 0. The molecule has 0 heterocycles. The van der Waals surface area contributed by atoms with Gasteiger partial charge in [0.2, 0.25) is 0 Å². The van der Waals surface area contributed by atoms with Crippen LogP contribution in [0, 0.1) is 17.8 Å². The molecule has 1 aromatic carbocycles. The van der Waals surface area contributed by atoms with Gasteiger partial charge >= 0.3 is 0 Å². The van der Waals surface area contributed by atoms with Gasteiger partial charge in [-0.3, -0.25) is 0 Å². The number of benzene rings is 1. The third-order valence-corrected chi connectivity index (χ3v) is 6.08.